The maximum Gasteiger partial charge on any atom is 0.221 e. The van der Waals surface area contributed by atoms with Crippen molar-refractivity contribution in [3.8, 4) is 0 Å². The highest BCUT2D eigenvalue weighted by atomic mass is 16.1. The van der Waals surface area contributed by atoms with Gasteiger partial charge in [0.1, 0.15) is 0 Å². The number of nitrogens with one attached hydrogen (secondary N) is 1. The van der Waals surface area contributed by atoms with Crippen LogP contribution < -0.4 is 11.1 Å². The van der Waals surface area contributed by atoms with Gasteiger partial charge in [-0.1, -0.05) is 12.1 Å². The van der Waals surface area contributed by atoms with Crippen molar-refractivity contribution in [3.63, 3.8) is 0 Å². The summed E-state index contributed by atoms with van der Waals surface area (Å²) in [5, 5.41) is 2.58. The fraction of sp³-hybridized carbons (Fsp3) is 0.222. The average Bonchev–Trinajstić information content (AvgIpc) is 2.02. The number of nitrogens with two attached hydrogens (primary N) is 1. The Bertz CT molecular complexity index is 330. The molecule has 0 spiro atoms. The van der Waals surface area contributed by atoms with Gasteiger partial charge in [-0.15, -0.1) is 0 Å². The van der Waals surface area contributed by atoms with Gasteiger partial charge in [-0.05, 0) is 17.7 Å². The van der Waals surface area contributed by atoms with Gasteiger partial charge in [0.25, 0.3) is 0 Å². The molecule has 0 saturated heterocycles. The lowest BCUT2D eigenvalue weighted by atomic mass is 10.2. The number of carbonyl (C=O) groups excluding carboxylic acids is 1. The SMILES string of the molecule is [2H]C([2H])(N)c1ccc(NC(C)=O)cc1. The van der Waals surface area contributed by atoms with Crippen LogP contribution >= 0.6 is 0 Å². The zero-order valence-electron chi connectivity index (χ0n) is 8.79. The van der Waals surface area contributed by atoms with E-state index < -0.39 is 6.50 Å². The van der Waals surface area contributed by atoms with Gasteiger partial charge < -0.3 is 11.1 Å². The summed E-state index contributed by atoms with van der Waals surface area (Å²) in [6.07, 6.45) is 0. The molecule has 3 N–H and O–H groups in total. The number of hydrogen-bond acceptors (Lipinski definition) is 2. The molecule has 3 heteroatoms. The number of anilines is 1. The van der Waals surface area contributed by atoms with Crippen LogP contribution in [0.15, 0.2) is 24.3 Å². The number of carbonyl (C=O) groups is 1. The lowest BCUT2D eigenvalue weighted by Gasteiger charge is -2.01. The monoisotopic (exact) mass is 166 g/mol. The molecule has 0 aromatic heterocycles. The minimum absolute atomic E-state index is 0.159. The third-order valence-electron chi connectivity index (χ3n) is 1.37. The first kappa shape index (κ1) is 6.20. The van der Waals surface area contributed by atoms with E-state index in [1.807, 2.05) is 0 Å². The van der Waals surface area contributed by atoms with Crippen molar-refractivity contribution in [2.75, 3.05) is 5.32 Å². The minimum atomic E-state index is -1.84. The van der Waals surface area contributed by atoms with E-state index >= 15 is 0 Å². The molecule has 0 bridgehead atoms. The Hall–Kier alpha value is -1.35. The van der Waals surface area contributed by atoms with Crippen LogP contribution in [0.25, 0.3) is 0 Å². The van der Waals surface area contributed by atoms with E-state index in [0.29, 0.717) is 11.3 Å². The number of rotatable bonds is 2. The molecule has 64 valence electrons. The van der Waals surface area contributed by atoms with Crippen LogP contribution in [0.2, 0.25) is 0 Å². The zero-order chi connectivity index (χ0) is 10.8. The van der Waals surface area contributed by atoms with Crippen LogP contribution in [-0.4, -0.2) is 5.91 Å². The van der Waals surface area contributed by atoms with Gasteiger partial charge in [0.05, 0.1) is 0 Å². The third-order valence-corrected chi connectivity index (χ3v) is 1.37. The lowest BCUT2D eigenvalue weighted by molar-refractivity contribution is -0.114. The zero-order valence-corrected chi connectivity index (χ0v) is 6.79. The van der Waals surface area contributed by atoms with E-state index in [-0.39, 0.29) is 5.91 Å². The Kier molecular flexibility index (Phi) is 2.00. The summed E-state index contributed by atoms with van der Waals surface area (Å²) in [5.74, 6) is -0.159. The van der Waals surface area contributed by atoms with Crippen LogP contribution in [0.5, 0.6) is 0 Å². The fourth-order valence-electron chi connectivity index (χ4n) is 0.853. The van der Waals surface area contributed by atoms with Crippen LogP contribution in [0.4, 0.5) is 5.69 Å². The highest BCUT2D eigenvalue weighted by molar-refractivity contribution is 5.88. The number of hydrogen-bond donors (Lipinski definition) is 2. The van der Waals surface area contributed by atoms with E-state index in [0.717, 1.165) is 0 Å². The van der Waals surface area contributed by atoms with Gasteiger partial charge in [-0.2, -0.15) is 0 Å². The summed E-state index contributed by atoms with van der Waals surface area (Å²) < 4.78 is 14.5. The van der Waals surface area contributed by atoms with Crippen molar-refractivity contribution in [1.82, 2.24) is 0 Å². The molecule has 0 aliphatic rings. The predicted octanol–water partition coefficient (Wildman–Crippen LogP) is 1.10. The second-order valence-electron chi connectivity index (χ2n) is 2.40. The molecular formula is C9H12N2O. The molecule has 0 unspecified atom stereocenters. The fourth-order valence-corrected chi connectivity index (χ4v) is 0.853. The lowest BCUT2D eigenvalue weighted by Crippen LogP contribution is -2.05. The van der Waals surface area contributed by atoms with Crippen molar-refractivity contribution in [2.45, 2.75) is 13.4 Å². The molecule has 0 saturated carbocycles. The van der Waals surface area contributed by atoms with Gasteiger partial charge in [0.2, 0.25) is 5.91 Å². The Morgan fingerprint density at radius 2 is 2.17 bits per heavy atom. The maximum atomic E-state index is 10.7. The Labute approximate surface area is 74.4 Å². The molecule has 0 radical (unpaired) electrons. The number of amides is 1. The predicted molar refractivity (Wildman–Crippen MR) is 48.6 cm³/mol. The third kappa shape index (κ3) is 2.36. The quantitative estimate of drug-likeness (QED) is 0.691. The molecular weight excluding hydrogens is 152 g/mol. The smallest absolute Gasteiger partial charge is 0.221 e. The van der Waals surface area contributed by atoms with E-state index in [9.17, 15) is 4.79 Å². The summed E-state index contributed by atoms with van der Waals surface area (Å²) in [4.78, 5) is 10.7. The molecule has 0 aliphatic heterocycles. The topological polar surface area (TPSA) is 55.1 Å². The highest BCUT2D eigenvalue weighted by Crippen LogP contribution is 2.08. The van der Waals surface area contributed by atoms with Gasteiger partial charge in [-0.25, -0.2) is 0 Å². The van der Waals surface area contributed by atoms with Crippen LogP contribution in [0.1, 0.15) is 15.2 Å². The first-order valence-electron chi connectivity index (χ1n) is 4.56. The van der Waals surface area contributed by atoms with Crippen molar-refractivity contribution in [1.29, 1.82) is 0 Å². The summed E-state index contributed by atoms with van der Waals surface area (Å²) in [5.41, 5.74) is 6.27. The van der Waals surface area contributed by atoms with Crippen molar-refractivity contribution < 1.29 is 7.54 Å². The molecule has 1 amide bonds. The first-order valence-corrected chi connectivity index (χ1v) is 3.56. The summed E-state index contributed by atoms with van der Waals surface area (Å²) in [6.45, 7) is -0.426. The molecule has 3 nitrogen and oxygen atoms in total. The minimum Gasteiger partial charge on any atom is -0.326 e. The van der Waals surface area contributed by atoms with Gasteiger partial charge >= 0.3 is 0 Å². The first-order chi connectivity index (χ1) is 6.39. The molecule has 1 aromatic rings. The van der Waals surface area contributed by atoms with Gasteiger partial charge in [-0.3, -0.25) is 4.79 Å². The molecule has 0 heterocycles. The Morgan fingerprint density at radius 1 is 1.58 bits per heavy atom. The molecule has 1 aromatic carbocycles. The van der Waals surface area contributed by atoms with E-state index in [4.69, 9.17) is 8.48 Å². The average molecular weight is 166 g/mol. The Balaban J connectivity index is 2.84. The normalized spacial score (nSPS) is 13.2. The second-order valence-corrected chi connectivity index (χ2v) is 2.40. The molecule has 0 fully saturated rings. The Morgan fingerprint density at radius 3 is 2.58 bits per heavy atom. The van der Waals surface area contributed by atoms with Gasteiger partial charge in [0.15, 0.2) is 0 Å². The standard InChI is InChI=1S/C9H12N2O/c1-7(12)11-9-4-2-8(6-10)3-5-9/h2-5H,6,10H2,1H3,(H,11,12)/i6D2. The van der Waals surface area contributed by atoms with Crippen LogP contribution in [-0.2, 0) is 11.3 Å². The van der Waals surface area contributed by atoms with E-state index in [1.165, 1.54) is 6.92 Å². The molecule has 12 heavy (non-hydrogen) atoms. The summed E-state index contributed by atoms with van der Waals surface area (Å²) in [6, 6.07) is 6.32. The largest absolute Gasteiger partial charge is 0.326 e. The number of benzene rings is 1. The second kappa shape index (κ2) is 3.88. The molecule has 1 rings (SSSR count). The summed E-state index contributed by atoms with van der Waals surface area (Å²) >= 11 is 0. The van der Waals surface area contributed by atoms with Crippen molar-refractivity contribution in [2.24, 2.45) is 5.73 Å². The maximum absolute atomic E-state index is 10.7. The van der Waals surface area contributed by atoms with Crippen LogP contribution in [0, 0.1) is 0 Å². The van der Waals surface area contributed by atoms with Gasteiger partial charge in [0, 0.05) is 21.8 Å². The molecule has 0 aliphatic carbocycles. The molecule has 0 atom stereocenters. The van der Waals surface area contributed by atoms with Crippen molar-refractivity contribution in [3.05, 3.63) is 29.8 Å². The highest BCUT2D eigenvalue weighted by Gasteiger charge is 1.94. The van der Waals surface area contributed by atoms with Crippen molar-refractivity contribution >= 4 is 11.6 Å². The summed E-state index contributed by atoms with van der Waals surface area (Å²) in [7, 11) is 0. The van der Waals surface area contributed by atoms with E-state index in [1.54, 1.807) is 24.3 Å². The van der Waals surface area contributed by atoms with E-state index in [2.05, 4.69) is 5.32 Å². The van der Waals surface area contributed by atoms with Crippen LogP contribution in [0.3, 0.4) is 0 Å².